The first-order valence-corrected chi connectivity index (χ1v) is 6.87. The van der Waals surface area contributed by atoms with Crippen molar-refractivity contribution < 1.29 is 9.53 Å². The molecule has 0 atom stereocenters. The molecule has 3 aromatic rings. The van der Waals surface area contributed by atoms with E-state index in [1.807, 2.05) is 67.6 Å². The molecule has 0 aromatic heterocycles. The van der Waals surface area contributed by atoms with Gasteiger partial charge in [-0.25, -0.2) is 0 Å². The minimum absolute atomic E-state index is 0.0127. The molecule has 2 nitrogen and oxygen atoms in total. The Bertz CT molecular complexity index is 819. The predicted octanol–water partition coefficient (Wildman–Crippen LogP) is 4.39. The van der Waals surface area contributed by atoms with Crippen LogP contribution in [0.5, 0.6) is 5.75 Å². The summed E-state index contributed by atoms with van der Waals surface area (Å²) in [5.74, 6) is 0.599. The van der Waals surface area contributed by atoms with Gasteiger partial charge in [0.2, 0.25) is 0 Å². The third kappa shape index (κ3) is 2.52. The van der Waals surface area contributed by atoms with Gasteiger partial charge in [-0.15, -0.1) is 0 Å². The summed E-state index contributed by atoms with van der Waals surface area (Å²) >= 11 is 0. The molecule has 3 aromatic carbocycles. The first-order valence-electron chi connectivity index (χ1n) is 6.87. The first-order chi connectivity index (χ1) is 10.2. The molecule has 0 N–H and O–H groups in total. The summed E-state index contributed by atoms with van der Waals surface area (Å²) in [6.45, 7) is 1.98. The van der Waals surface area contributed by atoms with E-state index in [4.69, 9.17) is 4.74 Å². The SMILES string of the molecule is COc1cc2ccccc2cc1C(=O)c1cccc(C)c1. The highest BCUT2D eigenvalue weighted by molar-refractivity contribution is 6.12. The van der Waals surface area contributed by atoms with E-state index in [9.17, 15) is 4.79 Å². The first kappa shape index (κ1) is 13.4. The molecular weight excluding hydrogens is 260 g/mol. The van der Waals surface area contributed by atoms with E-state index in [2.05, 4.69) is 0 Å². The zero-order valence-electron chi connectivity index (χ0n) is 12.1. The van der Waals surface area contributed by atoms with Crippen LogP contribution in [0.25, 0.3) is 10.8 Å². The van der Waals surface area contributed by atoms with Crippen LogP contribution in [0.15, 0.2) is 60.7 Å². The minimum Gasteiger partial charge on any atom is -0.496 e. The van der Waals surface area contributed by atoms with Crippen molar-refractivity contribution in [3.63, 3.8) is 0 Å². The van der Waals surface area contributed by atoms with Crippen molar-refractivity contribution in [3.05, 3.63) is 77.4 Å². The van der Waals surface area contributed by atoms with Crippen molar-refractivity contribution in [2.45, 2.75) is 6.92 Å². The largest absolute Gasteiger partial charge is 0.496 e. The fraction of sp³-hybridized carbons (Fsp3) is 0.105. The second kappa shape index (κ2) is 5.41. The molecule has 3 rings (SSSR count). The highest BCUT2D eigenvalue weighted by atomic mass is 16.5. The van der Waals surface area contributed by atoms with Gasteiger partial charge in [0.1, 0.15) is 5.75 Å². The van der Waals surface area contributed by atoms with Gasteiger partial charge < -0.3 is 4.74 Å². The molecule has 0 aliphatic rings. The molecule has 0 aliphatic carbocycles. The molecule has 0 radical (unpaired) electrons. The zero-order valence-corrected chi connectivity index (χ0v) is 12.1. The van der Waals surface area contributed by atoms with Crippen molar-refractivity contribution in [1.82, 2.24) is 0 Å². The van der Waals surface area contributed by atoms with Gasteiger partial charge in [0.15, 0.2) is 5.78 Å². The van der Waals surface area contributed by atoms with Crippen LogP contribution in [-0.2, 0) is 0 Å². The Kier molecular flexibility index (Phi) is 3.44. The molecule has 0 heterocycles. The fourth-order valence-electron chi connectivity index (χ4n) is 2.51. The standard InChI is InChI=1S/C19H16O2/c1-13-6-5-9-16(10-13)19(20)17-11-14-7-3-4-8-15(14)12-18(17)21-2/h3-12H,1-2H3. The van der Waals surface area contributed by atoms with Crippen LogP contribution in [0.1, 0.15) is 21.5 Å². The highest BCUT2D eigenvalue weighted by Crippen LogP contribution is 2.28. The van der Waals surface area contributed by atoms with Gasteiger partial charge in [-0.05, 0) is 35.9 Å². The smallest absolute Gasteiger partial charge is 0.196 e. The molecule has 21 heavy (non-hydrogen) atoms. The lowest BCUT2D eigenvalue weighted by molar-refractivity contribution is 0.103. The number of ketones is 1. The number of hydrogen-bond acceptors (Lipinski definition) is 2. The average Bonchev–Trinajstić information content (AvgIpc) is 2.53. The van der Waals surface area contributed by atoms with Crippen molar-refractivity contribution in [1.29, 1.82) is 0 Å². The summed E-state index contributed by atoms with van der Waals surface area (Å²) in [7, 11) is 1.59. The summed E-state index contributed by atoms with van der Waals surface area (Å²) in [5.41, 5.74) is 2.35. The van der Waals surface area contributed by atoms with Crippen LogP contribution in [-0.4, -0.2) is 12.9 Å². The van der Waals surface area contributed by atoms with Gasteiger partial charge in [0, 0.05) is 5.56 Å². The van der Waals surface area contributed by atoms with Crippen LogP contribution >= 0.6 is 0 Å². The van der Waals surface area contributed by atoms with Crippen molar-refractivity contribution in [2.24, 2.45) is 0 Å². The molecular formula is C19H16O2. The van der Waals surface area contributed by atoms with Crippen molar-refractivity contribution in [2.75, 3.05) is 7.11 Å². The topological polar surface area (TPSA) is 26.3 Å². The van der Waals surface area contributed by atoms with E-state index in [-0.39, 0.29) is 5.78 Å². The molecule has 104 valence electrons. The summed E-state index contributed by atoms with van der Waals surface area (Å²) in [6.07, 6.45) is 0. The summed E-state index contributed by atoms with van der Waals surface area (Å²) in [6, 6.07) is 19.4. The quantitative estimate of drug-likeness (QED) is 0.663. The Hall–Kier alpha value is -2.61. The van der Waals surface area contributed by atoms with E-state index >= 15 is 0 Å². The van der Waals surface area contributed by atoms with Gasteiger partial charge in [-0.2, -0.15) is 0 Å². The maximum Gasteiger partial charge on any atom is 0.196 e. The van der Waals surface area contributed by atoms with Gasteiger partial charge in [-0.1, -0.05) is 48.0 Å². The van der Waals surface area contributed by atoms with Gasteiger partial charge >= 0.3 is 0 Å². The molecule has 0 saturated heterocycles. The average molecular weight is 276 g/mol. The summed E-state index contributed by atoms with van der Waals surface area (Å²) in [4.78, 5) is 12.7. The predicted molar refractivity (Wildman–Crippen MR) is 85.1 cm³/mol. The number of carbonyl (C=O) groups excluding carboxylic acids is 1. The van der Waals surface area contributed by atoms with Crippen LogP contribution < -0.4 is 4.74 Å². The number of ether oxygens (including phenoxy) is 1. The number of hydrogen-bond donors (Lipinski definition) is 0. The molecule has 0 saturated carbocycles. The Balaban J connectivity index is 2.16. The third-order valence-corrected chi connectivity index (χ3v) is 3.59. The fourth-order valence-corrected chi connectivity index (χ4v) is 2.51. The number of carbonyl (C=O) groups is 1. The maximum atomic E-state index is 12.7. The number of benzene rings is 3. The molecule has 0 fully saturated rings. The highest BCUT2D eigenvalue weighted by Gasteiger charge is 2.15. The Morgan fingerprint density at radius 1 is 0.905 bits per heavy atom. The number of fused-ring (bicyclic) bond motifs is 1. The van der Waals surface area contributed by atoms with E-state index < -0.39 is 0 Å². The van der Waals surface area contributed by atoms with Gasteiger partial charge in [0.25, 0.3) is 0 Å². The van der Waals surface area contributed by atoms with Crippen LogP contribution in [0.3, 0.4) is 0 Å². The molecule has 2 heteroatoms. The lowest BCUT2D eigenvalue weighted by atomic mass is 9.98. The van der Waals surface area contributed by atoms with Crippen LogP contribution in [0.2, 0.25) is 0 Å². The normalized spacial score (nSPS) is 10.6. The van der Waals surface area contributed by atoms with Gasteiger partial charge in [0.05, 0.1) is 12.7 Å². The monoisotopic (exact) mass is 276 g/mol. The van der Waals surface area contributed by atoms with E-state index in [0.29, 0.717) is 16.9 Å². The maximum absolute atomic E-state index is 12.7. The molecule has 0 unspecified atom stereocenters. The number of rotatable bonds is 3. The number of methoxy groups -OCH3 is 1. The number of aryl methyl sites for hydroxylation is 1. The van der Waals surface area contributed by atoms with Gasteiger partial charge in [-0.3, -0.25) is 4.79 Å². The van der Waals surface area contributed by atoms with Crippen LogP contribution in [0.4, 0.5) is 0 Å². The second-order valence-electron chi connectivity index (χ2n) is 5.10. The lowest BCUT2D eigenvalue weighted by Gasteiger charge is -2.10. The van der Waals surface area contributed by atoms with E-state index in [1.165, 1.54) is 0 Å². The summed E-state index contributed by atoms with van der Waals surface area (Å²) in [5, 5.41) is 2.10. The summed E-state index contributed by atoms with van der Waals surface area (Å²) < 4.78 is 5.41. The molecule has 0 bridgehead atoms. The van der Waals surface area contributed by atoms with Crippen molar-refractivity contribution in [3.8, 4) is 5.75 Å². The second-order valence-corrected chi connectivity index (χ2v) is 5.10. The Morgan fingerprint density at radius 2 is 1.62 bits per heavy atom. The molecule has 0 amide bonds. The zero-order chi connectivity index (χ0) is 14.8. The van der Waals surface area contributed by atoms with Crippen molar-refractivity contribution >= 4 is 16.6 Å². The minimum atomic E-state index is -0.0127. The molecule has 0 spiro atoms. The van der Waals surface area contributed by atoms with E-state index in [1.54, 1.807) is 7.11 Å². The van der Waals surface area contributed by atoms with E-state index in [0.717, 1.165) is 16.3 Å². The Labute approximate surface area is 124 Å². The lowest BCUT2D eigenvalue weighted by Crippen LogP contribution is -2.04. The molecule has 0 aliphatic heterocycles. The third-order valence-electron chi connectivity index (χ3n) is 3.59. The Morgan fingerprint density at radius 3 is 2.29 bits per heavy atom. The van der Waals surface area contributed by atoms with Crippen LogP contribution in [0, 0.1) is 6.92 Å².